The smallest absolute Gasteiger partial charge is 0.270 e. The van der Waals surface area contributed by atoms with Crippen molar-refractivity contribution in [1.29, 1.82) is 0 Å². The molecule has 0 saturated carbocycles. The lowest BCUT2D eigenvalue weighted by Gasteiger charge is -2.12. The number of carbonyl (C=O) groups excluding carboxylic acids is 2. The van der Waals surface area contributed by atoms with Gasteiger partial charge in [0.1, 0.15) is 17.6 Å². The van der Waals surface area contributed by atoms with Gasteiger partial charge in [0.05, 0.1) is 0 Å². The van der Waals surface area contributed by atoms with E-state index in [1.54, 1.807) is 19.1 Å². The van der Waals surface area contributed by atoms with Crippen LogP contribution in [-0.4, -0.2) is 29.4 Å². The maximum atomic E-state index is 11.7. The van der Waals surface area contributed by atoms with E-state index in [-0.39, 0.29) is 29.8 Å². The Balaban J connectivity index is 0.00000289. The largest absolute Gasteiger partial charge is 0.384 e. The fourth-order valence-electron chi connectivity index (χ4n) is 1.24. The average Bonchev–Trinajstić information content (AvgIpc) is 2.29. The standard InChI is InChI=1S/C11H16N4O2.ClH/c1-3-13-10(16)7(2)14-11(17)8-5-4-6-9(12)15-8;/h4-7H,3H2,1-2H3,(H2,12,15)(H,13,16)(H,14,17);1H. The number of nitrogens with one attached hydrogen (secondary N) is 2. The number of halogens is 1. The summed E-state index contributed by atoms with van der Waals surface area (Å²) in [6.07, 6.45) is 0. The second kappa shape index (κ2) is 7.50. The second-order valence-electron chi connectivity index (χ2n) is 3.54. The van der Waals surface area contributed by atoms with Gasteiger partial charge in [0, 0.05) is 6.54 Å². The zero-order valence-electron chi connectivity index (χ0n) is 10.3. The van der Waals surface area contributed by atoms with Gasteiger partial charge in [0.25, 0.3) is 5.91 Å². The van der Waals surface area contributed by atoms with Crippen molar-refractivity contribution in [2.24, 2.45) is 0 Å². The highest BCUT2D eigenvalue weighted by molar-refractivity contribution is 5.96. The highest BCUT2D eigenvalue weighted by Gasteiger charge is 2.16. The Hall–Kier alpha value is -1.82. The number of hydrogen-bond donors (Lipinski definition) is 3. The molecule has 0 saturated heterocycles. The highest BCUT2D eigenvalue weighted by Crippen LogP contribution is 2.00. The molecule has 0 aliphatic carbocycles. The van der Waals surface area contributed by atoms with Gasteiger partial charge >= 0.3 is 0 Å². The van der Waals surface area contributed by atoms with E-state index in [0.717, 1.165) is 0 Å². The first-order chi connectivity index (χ1) is 8.04. The predicted molar refractivity (Wildman–Crippen MR) is 71.5 cm³/mol. The van der Waals surface area contributed by atoms with Crippen LogP contribution in [0.5, 0.6) is 0 Å². The first-order valence-electron chi connectivity index (χ1n) is 5.35. The molecular formula is C11H17ClN4O2. The lowest BCUT2D eigenvalue weighted by molar-refractivity contribution is -0.122. The first kappa shape index (κ1) is 16.2. The molecule has 0 aromatic carbocycles. The molecule has 0 fully saturated rings. The molecule has 6 nitrogen and oxygen atoms in total. The average molecular weight is 273 g/mol. The molecule has 4 N–H and O–H groups in total. The fraction of sp³-hybridized carbons (Fsp3) is 0.364. The van der Waals surface area contributed by atoms with Crippen molar-refractivity contribution in [2.45, 2.75) is 19.9 Å². The lowest BCUT2D eigenvalue weighted by Crippen LogP contribution is -2.44. The number of likely N-dealkylation sites (N-methyl/N-ethyl adjacent to an activating group) is 1. The van der Waals surface area contributed by atoms with Crippen molar-refractivity contribution in [3.05, 3.63) is 23.9 Å². The number of rotatable bonds is 4. The van der Waals surface area contributed by atoms with Crippen LogP contribution in [0, 0.1) is 0 Å². The lowest BCUT2D eigenvalue weighted by atomic mass is 10.2. The van der Waals surface area contributed by atoms with Crippen LogP contribution < -0.4 is 16.4 Å². The molecule has 1 rings (SSSR count). The summed E-state index contributed by atoms with van der Waals surface area (Å²) in [4.78, 5) is 27.0. The number of nitrogens with zero attached hydrogens (tertiary/aromatic N) is 1. The quantitative estimate of drug-likeness (QED) is 0.736. The molecule has 1 aromatic heterocycles. The number of aromatic nitrogens is 1. The van der Waals surface area contributed by atoms with Crippen LogP contribution in [0.3, 0.4) is 0 Å². The van der Waals surface area contributed by atoms with Crippen molar-refractivity contribution in [3.8, 4) is 0 Å². The molecule has 100 valence electrons. The predicted octanol–water partition coefficient (Wildman–Crippen LogP) is 0.340. The summed E-state index contributed by atoms with van der Waals surface area (Å²) in [5.74, 6) is -0.385. The number of amides is 2. The number of pyridine rings is 1. The van der Waals surface area contributed by atoms with Gasteiger partial charge in [-0.1, -0.05) is 6.07 Å². The van der Waals surface area contributed by atoms with Gasteiger partial charge in [-0.25, -0.2) is 4.98 Å². The zero-order chi connectivity index (χ0) is 12.8. The summed E-state index contributed by atoms with van der Waals surface area (Å²) in [7, 11) is 0. The second-order valence-corrected chi connectivity index (χ2v) is 3.54. The van der Waals surface area contributed by atoms with Crippen LogP contribution in [0.15, 0.2) is 18.2 Å². The summed E-state index contributed by atoms with van der Waals surface area (Å²) in [6.45, 7) is 3.94. The summed E-state index contributed by atoms with van der Waals surface area (Å²) >= 11 is 0. The van der Waals surface area contributed by atoms with E-state index in [1.165, 1.54) is 6.07 Å². The van der Waals surface area contributed by atoms with Crippen LogP contribution in [-0.2, 0) is 4.79 Å². The molecule has 1 aromatic rings. The number of anilines is 1. The molecule has 7 heteroatoms. The summed E-state index contributed by atoms with van der Waals surface area (Å²) in [6, 6.07) is 4.15. The van der Waals surface area contributed by atoms with E-state index in [9.17, 15) is 9.59 Å². The van der Waals surface area contributed by atoms with E-state index in [1.807, 2.05) is 6.92 Å². The molecule has 1 atom stereocenters. The van der Waals surface area contributed by atoms with Crippen molar-refractivity contribution in [3.63, 3.8) is 0 Å². The third kappa shape index (κ3) is 4.58. The fourth-order valence-corrected chi connectivity index (χ4v) is 1.24. The number of nitrogens with two attached hydrogens (primary N) is 1. The minimum Gasteiger partial charge on any atom is -0.384 e. The highest BCUT2D eigenvalue weighted by atomic mass is 35.5. The van der Waals surface area contributed by atoms with E-state index in [4.69, 9.17) is 5.73 Å². The minimum absolute atomic E-state index is 0. The molecule has 2 amide bonds. The van der Waals surface area contributed by atoms with Crippen LogP contribution in [0.1, 0.15) is 24.3 Å². The van der Waals surface area contributed by atoms with Crippen LogP contribution in [0.4, 0.5) is 5.82 Å². The van der Waals surface area contributed by atoms with Gasteiger partial charge in [-0.2, -0.15) is 0 Å². The first-order valence-corrected chi connectivity index (χ1v) is 5.35. The van der Waals surface area contributed by atoms with Gasteiger partial charge in [0.15, 0.2) is 0 Å². The van der Waals surface area contributed by atoms with E-state index in [2.05, 4.69) is 15.6 Å². The molecule has 18 heavy (non-hydrogen) atoms. The number of carbonyl (C=O) groups is 2. The van der Waals surface area contributed by atoms with Crippen molar-refractivity contribution in [1.82, 2.24) is 15.6 Å². The SMILES string of the molecule is CCNC(=O)C(C)NC(=O)c1cccc(N)n1.Cl. The van der Waals surface area contributed by atoms with Crippen LogP contribution in [0.25, 0.3) is 0 Å². The molecule has 0 radical (unpaired) electrons. The van der Waals surface area contributed by atoms with Crippen LogP contribution >= 0.6 is 12.4 Å². The van der Waals surface area contributed by atoms with Gasteiger partial charge in [-0.05, 0) is 26.0 Å². The van der Waals surface area contributed by atoms with E-state index >= 15 is 0 Å². The summed E-state index contributed by atoms with van der Waals surface area (Å²) < 4.78 is 0. The minimum atomic E-state index is -0.606. The third-order valence-electron chi connectivity index (χ3n) is 2.10. The Morgan fingerprint density at radius 1 is 1.44 bits per heavy atom. The molecular weight excluding hydrogens is 256 g/mol. The van der Waals surface area contributed by atoms with Gasteiger partial charge in [-0.3, -0.25) is 9.59 Å². The van der Waals surface area contributed by atoms with Crippen LogP contribution in [0.2, 0.25) is 0 Å². The Morgan fingerprint density at radius 2 is 2.11 bits per heavy atom. The maximum Gasteiger partial charge on any atom is 0.270 e. The maximum absolute atomic E-state index is 11.7. The molecule has 0 spiro atoms. The van der Waals surface area contributed by atoms with Gasteiger partial charge < -0.3 is 16.4 Å². The third-order valence-corrected chi connectivity index (χ3v) is 2.10. The number of hydrogen-bond acceptors (Lipinski definition) is 4. The van der Waals surface area contributed by atoms with Gasteiger partial charge in [0.2, 0.25) is 5.91 Å². The molecule has 0 aliphatic heterocycles. The van der Waals surface area contributed by atoms with Crippen molar-refractivity contribution < 1.29 is 9.59 Å². The Morgan fingerprint density at radius 3 is 2.67 bits per heavy atom. The topological polar surface area (TPSA) is 97.1 Å². The van der Waals surface area contributed by atoms with Crippen molar-refractivity contribution >= 4 is 30.0 Å². The van der Waals surface area contributed by atoms with E-state index < -0.39 is 11.9 Å². The molecule has 0 aliphatic rings. The zero-order valence-corrected chi connectivity index (χ0v) is 11.1. The normalized spacial score (nSPS) is 11.0. The Labute approximate surface area is 112 Å². The molecule has 1 unspecified atom stereocenters. The Kier molecular flexibility index (Phi) is 6.74. The summed E-state index contributed by atoms with van der Waals surface area (Å²) in [5, 5.41) is 5.15. The monoisotopic (exact) mass is 272 g/mol. The Bertz CT molecular complexity index is 425. The number of nitrogen functional groups attached to an aromatic ring is 1. The van der Waals surface area contributed by atoms with E-state index in [0.29, 0.717) is 6.54 Å². The summed E-state index contributed by atoms with van der Waals surface area (Å²) in [5.41, 5.74) is 5.66. The van der Waals surface area contributed by atoms with Gasteiger partial charge in [-0.15, -0.1) is 12.4 Å². The molecule has 0 bridgehead atoms. The van der Waals surface area contributed by atoms with Crippen molar-refractivity contribution in [2.75, 3.05) is 12.3 Å². The molecule has 1 heterocycles.